The highest BCUT2D eigenvalue weighted by Crippen LogP contribution is 2.35. The molecular formula is C29H33Cl2N3O4S. The predicted molar refractivity (Wildman–Crippen MR) is 157 cm³/mol. The molecule has 0 spiro atoms. The van der Waals surface area contributed by atoms with Gasteiger partial charge in [-0.15, -0.1) is 0 Å². The third-order valence-electron chi connectivity index (χ3n) is 6.10. The summed E-state index contributed by atoms with van der Waals surface area (Å²) in [5, 5.41) is 3.02. The molecule has 1 N–H and O–H groups in total. The van der Waals surface area contributed by atoms with Gasteiger partial charge in [0.05, 0.1) is 20.6 Å². The zero-order valence-electron chi connectivity index (χ0n) is 22.4. The maximum Gasteiger partial charge on any atom is 0.264 e. The van der Waals surface area contributed by atoms with Gasteiger partial charge in [-0.2, -0.15) is 0 Å². The van der Waals surface area contributed by atoms with E-state index in [9.17, 15) is 18.0 Å². The van der Waals surface area contributed by atoms with Gasteiger partial charge in [0.2, 0.25) is 11.8 Å². The van der Waals surface area contributed by atoms with Crippen molar-refractivity contribution in [1.29, 1.82) is 0 Å². The van der Waals surface area contributed by atoms with E-state index in [0.717, 1.165) is 15.4 Å². The number of rotatable bonds is 11. The fraction of sp³-hybridized carbons (Fsp3) is 0.310. The van der Waals surface area contributed by atoms with Crippen LogP contribution in [0.25, 0.3) is 0 Å². The van der Waals surface area contributed by atoms with Crippen LogP contribution in [-0.2, 0) is 26.2 Å². The predicted octanol–water partition coefficient (Wildman–Crippen LogP) is 5.83. The summed E-state index contributed by atoms with van der Waals surface area (Å²) in [5.74, 6) is -0.873. The van der Waals surface area contributed by atoms with Crippen LogP contribution >= 0.6 is 23.2 Å². The average Bonchev–Trinajstić information content (AvgIpc) is 2.89. The van der Waals surface area contributed by atoms with Crippen LogP contribution in [0.4, 0.5) is 5.69 Å². The lowest BCUT2D eigenvalue weighted by Crippen LogP contribution is -2.53. The van der Waals surface area contributed by atoms with Crippen molar-refractivity contribution in [3.63, 3.8) is 0 Å². The number of carbonyl (C=O) groups excluding carboxylic acids is 2. The first-order valence-corrected chi connectivity index (χ1v) is 14.8. The highest BCUT2D eigenvalue weighted by Gasteiger charge is 2.34. The smallest absolute Gasteiger partial charge is 0.264 e. The highest BCUT2D eigenvalue weighted by molar-refractivity contribution is 7.92. The van der Waals surface area contributed by atoms with Gasteiger partial charge in [0.15, 0.2) is 0 Å². The topological polar surface area (TPSA) is 86.8 Å². The molecule has 2 amide bonds. The molecule has 0 aliphatic heterocycles. The minimum Gasteiger partial charge on any atom is -0.352 e. The van der Waals surface area contributed by atoms with E-state index in [0.29, 0.717) is 6.42 Å². The molecule has 0 aliphatic rings. The summed E-state index contributed by atoms with van der Waals surface area (Å²) in [6.45, 7) is 6.86. The van der Waals surface area contributed by atoms with E-state index in [2.05, 4.69) is 5.32 Å². The molecule has 1 unspecified atom stereocenters. The van der Waals surface area contributed by atoms with Crippen LogP contribution < -0.4 is 9.62 Å². The van der Waals surface area contributed by atoms with Crippen molar-refractivity contribution in [2.45, 2.75) is 57.6 Å². The standard InChI is InChI=1S/C29H33Cl2N3O4S/c1-5-25(29(36)32-20(2)3)33(18-22-10-7-6-8-11-22)27(35)19-34(26-13-9-12-24(30)28(26)31)39(37,38)23-16-14-21(4)15-17-23/h6-17,20,25H,5,18-19H2,1-4H3,(H,32,36). The third-order valence-corrected chi connectivity index (χ3v) is 8.68. The number of carbonyl (C=O) groups is 2. The molecule has 7 nitrogen and oxygen atoms in total. The SMILES string of the molecule is CCC(C(=O)NC(C)C)N(Cc1ccccc1)C(=O)CN(c1cccc(Cl)c1Cl)S(=O)(=O)c1ccc(C)cc1. The molecule has 39 heavy (non-hydrogen) atoms. The molecule has 0 aromatic heterocycles. The van der Waals surface area contributed by atoms with Crippen LogP contribution in [-0.4, -0.2) is 43.8 Å². The van der Waals surface area contributed by atoms with Gasteiger partial charge in [0.25, 0.3) is 10.0 Å². The molecule has 10 heteroatoms. The monoisotopic (exact) mass is 589 g/mol. The Morgan fingerprint density at radius 3 is 2.15 bits per heavy atom. The maximum atomic E-state index is 14.0. The van der Waals surface area contributed by atoms with Crippen molar-refractivity contribution in [3.05, 3.63) is 94.0 Å². The van der Waals surface area contributed by atoms with Crippen molar-refractivity contribution < 1.29 is 18.0 Å². The molecule has 0 bridgehead atoms. The van der Waals surface area contributed by atoms with E-state index in [4.69, 9.17) is 23.2 Å². The van der Waals surface area contributed by atoms with Crippen LogP contribution in [0.5, 0.6) is 0 Å². The molecule has 1 atom stereocenters. The van der Waals surface area contributed by atoms with Gasteiger partial charge in [-0.05, 0) is 57.0 Å². The Balaban J connectivity index is 2.09. The zero-order valence-corrected chi connectivity index (χ0v) is 24.7. The normalized spacial score (nSPS) is 12.2. The van der Waals surface area contributed by atoms with Crippen molar-refractivity contribution in [1.82, 2.24) is 10.2 Å². The van der Waals surface area contributed by atoms with E-state index in [1.165, 1.54) is 29.2 Å². The zero-order chi connectivity index (χ0) is 28.7. The van der Waals surface area contributed by atoms with Gasteiger partial charge >= 0.3 is 0 Å². The average molecular weight is 591 g/mol. The Labute approximate surface area is 240 Å². The number of anilines is 1. The number of aryl methyl sites for hydroxylation is 1. The summed E-state index contributed by atoms with van der Waals surface area (Å²) in [7, 11) is -4.24. The first-order valence-electron chi connectivity index (χ1n) is 12.6. The Morgan fingerprint density at radius 2 is 1.56 bits per heavy atom. The Morgan fingerprint density at radius 1 is 0.923 bits per heavy atom. The lowest BCUT2D eigenvalue weighted by molar-refractivity contribution is -0.140. The van der Waals surface area contributed by atoms with Crippen LogP contribution in [0, 0.1) is 6.92 Å². The van der Waals surface area contributed by atoms with Crippen LogP contribution in [0.2, 0.25) is 10.0 Å². The van der Waals surface area contributed by atoms with Crippen LogP contribution in [0.3, 0.4) is 0 Å². The highest BCUT2D eigenvalue weighted by atomic mass is 35.5. The molecule has 3 aromatic carbocycles. The molecule has 0 saturated heterocycles. The number of nitrogens with zero attached hydrogens (tertiary/aromatic N) is 2. The van der Waals surface area contributed by atoms with Crippen molar-refractivity contribution in [2.24, 2.45) is 0 Å². The summed E-state index contributed by atoms with van der Waals surface area (Å²) in [5.41, 5.74) is 1.75. The number of amides is 2. The number of hydrogen-bond acceptors (Lipinski definition) is 4. The summed E-state index contributed by atoms with van der Waals surface area (Å²) in [6.07, 6.45) is 0.333. The van der Waals surface area contributed by atoms with E-state index >= 15 is 0 Å². The number of benzene rings is 3. The van der Waals surface area contributed by atoms with E-state index in [1.54, 1.807) is 18.2 Å². The Bertz CT molecular complexity index is 1400. The Kier molecular flexibility index (Phi) is 10.4. The van der Waals surface area contributed by atoms with Gasteiger partial charge in [-0.1, -0.05) is 84.2 Å². The summed E-state index contributed by atoms with van der Waals surface area (Å²) >= 11 is 12.7. The van der Waals surface area contributed by atoms with Crippen molar-refractivity contribution in [2.75, 3.05) is 10.8 Å². The molecule has 3 aromatic rings. The minimum atomic E-state index is -4.24. The van der Waals surface area contributed by atoms with Gasteiger partial charge in [0.1, 0.15) is 12.6 Å². The molecule has 0 heterocycles. The molecule has 0 aliphatic carbocycles. The van der Waals surface area contributed by atoms with Gasteiger partial charge in [0, 0.05) is 12.6 Å². The van der Waals surface area contributed by atoms with Crippen molar-refractivity contribution in [3.8, 4) is 0 Å². The fourth-order valence-corrected chi connectivity index (χ4v) is 5.99. The largest absolute Gasteiger partial charge is 0.352 e. The molecule has 3 rings (SSSR count). The molecule has 208 valence electrons. The third kappa shape index (κ3) is 7.53. The quantitative estimate of drug-likeness (QED) is 0.305. The lowest BCUT2D eigenvalue weighted by Gasteiger charge is -2.33. The van der Waals surface area contributed by atoms with Crippen molar-refractivity contribution >= 4 is 50.7 Å². The Hall–Kier alpha value is -3.07. The van der Waals surface area contributed by atoms with Crippen LogP contribution in [0.1, 0.15) is 38.3 Å². The summed E-state index contributed by atoms with van der Waals surface area (Å²) in [6, 6.07) is 19.2. The molecule has 0 saturated carbocycles. The van der Waals surface area contributed by atoms with Gasteiger partial charge < -0.3 is 10.2 Å². The van der Waals surface area contributed by atoms with Gasteiger partial charge in [-0.25, -0.2) is 8.42 Å². The molecule has 0 radical (unpaired) electrons. The van der Waals surface area contributed by atoms with Gasteiger partial charge in [-0.3, -0.25) is 13.9 Å². The number of sulfonamides is 1. The summed E-state index contributed by atoms with van der Waals surface area (Å²) in [4.78, 5) is 28.6. The van der Waals surface area contributed by atoms with E-state index in [-0.39, 0.29) is 39.1 Å². The molecular weight excluding hydrogens is 557 g/mol. The first kappa shape index (κ1) is 30.5. The lowest BCUT2D eigenvalue weighted by atomic mass is 10.1. The molecule has 0 fully saturated rings. The second kappa shape index (κ2) is 13.3. The van der Waals surface area contributed by atoms with E-state index < -0.39 is 28.5 Å². The van der Waals surface area contributed by atoms with E-state index in [1.807, 2.05) is 58.0 Å². The number of hydrogen-bond donors (Lipinski definition) is 1. The maximum absolute atomic E-state index is 14.0. The second-order valence-electron chi connectivity index (χ2n) is 9.49. The second-order valence-corrected chi connectivity index (χ2v) is 12.1. The first-order chi connectivity index (χ1) is 18.4. The minimum absolute atomic E-state index is 0.00172. The number of nitrogens with one attached hydrogen (secondary N) is 1. The summed E-state index contributed by atoms with van der Waals surface area (Å²) < 4.78 is 28.8. The van der Waals surface area contributed by atoms with Crippen LogP contribution in [0.15, 0.2) is 77.7 Å². The number of halogens is 2. The fourth-order valence-electron chi connectivity index (χ4n) is 4.12.